The fraction of sp³-hybridized carbons (Fsp3) is 0.609. The van der Waals surface area contributed by atoms with Gasteiger partial charge in [0.2, 0.25) is 0 Å². The van der Waals surface area contributed by atoms with E-state index in [1.54, 1.807) is 15.3 Å². The highest BCUT2D eigenvalue weighted by Crippen LogP contribution is 2.21. The second kappa shape index (κ2) is 8.97. The van der Waals surface area contributed by atoms with Crippen molar-refractivity contribution >= 4 is 11.6 Å². The van der Waals surface area contributed by atoms with Gasteiger partial charge >= 0.3 is 0 Å². The third kappa shape index (κ3) is 4.67. The predicted molar refractivity (Wildman–Crippen MR) is 125 cm³/mol. The Kier molecular flexibility index (Phi) is 6.28. The van der Waals surface area contributed by atoms with Gasteiger partial charge < -0.3 is 5.32 Å². The van der Waals surface area contributed by atoms with E-state index in [-0.39, 0.29) is 11.0 Å². The molecule has 172 valence electrons. The first-order valence-electron chi connectivity index (χ1n) is 11.5. The van der Waals surface area contributed by atoms with E-state index in [1.165, 1.54) is 19.2 Å². The topological polar surface area (TPSA) is 93.2 Å². The van der Waals surface area contributed by atoms with Crippen LogP contribution in [-0.2, 0) is 12.0 Å². The third-order valence-corrected chi connectivity index (χ3v) is 6.40. The molecule has 0 aromatic carbocycles. The lowest BCUT2D eigenvalue weighted by molar-refractivity contribution is 0.147. The Balaban J connectivity index is 1.46. The van der Waals surface area contributed by atoms with E-state index in [1.807, 2.05) is 13.0 Å². The van der Waals surface area contributed by atoms with Crippen molar-refractivity contribution in [3.8, 4) is 0 Å². The lowest BCUT2D eigenvalue weighted by Crippen LogP contribution is -2.46. The highest BCUT2D eigenvalue weighted by Gasteiger charge is 2.24. The zero-order chi connectivity index (χ0) is 22.9. The maximum absolute atomic E-state index is 12.4. The molecular weight excluding hydrogens is 404 g/mol. The van der Waals surface area contributed by atoms with Gasteiger partial charge in [0.15, 0.2) is 0 Å². The molecule has 32 heavy (non-hydrogen) atoms. The molecule has 0 aliphatic carbocycles. The normalized spacial score (nSPS) is 17.7. The van der Waals surface area contributed by atoms with Crippen molar-refractivity contribution in [2.24, 2.45) is 0 Å². The zero-order valence-electron chi connectivity index (χ0n) is 19.8. The smallest absolute Gasteiger partial charge is 0.266 e. The molecule has 0 bridgehead atoms. The summed E-state index contributed by atoms with van der Waals surface area (Å²) in [5.74, 6) is 1.56. The summed E-state index contributed by atoms with van der Waals surface area (Å²) in [5.41, 5.74) is 2.86. The van der Waals surface area contributed by atoms with Crippen LogP contribution in [0, 0.1) is 13.8 Å². The Hall–Kier alpha value is -2.81. The van der Waals surface area contributed by atoms with Crippen molar-refractivity contribution in [2.75, 3.05) is 25.0 Å². The van der Waals surface area contributed by atoms with Crippen molar-refractivity contribution in [3.05, 3.63) is 45.8 Å². The van der Waals surface area contributed by atoms with Crippen molar-refractivity contribution in [3.63, 3.8) is 0 Å². The van der Waals surface area contributed by atoms with E-state index < -0.39 is 0 Å². The second-order valence-electron chi connectivity index (χ2n) is 9.74. The molecule has 4 rings (SSSR count). The quantitative estimate of drug-likeness (QED) is 0.632. The van der Waals surface area contributed by atoms with Crippen molar-refractivity contribution in [2.45, 2.75) is 71.9 Å². The molecule has 0 spiro atoms. The number of nitrogens with one attached hydrogen (secondary N) is 1. The summed E-state index contributed by atoms with van der Waals surface area (Å²) in [4.78, 5) is 23.6. The lowest BCUT2D eigenvalue weighted by Gasteiger charge is -2.36. The van der Waals surface area contributed by atoms with Crippen LogP contribution in [0.15, 0.2) is 23.3 Å². The van der Waals surface area contributed by atoms with E-state index in [9.17, 15) is 4.79 Å². The number of rotatable bonds is 6. The highest BCUT2D eigenvalue weighted by atomic mass is 16.1. The van der Waals surface area contributed by atoms with Crippen LogP contribution >= 0.6 is 0 Å². The van der Waals surface area contributed by atoms with Crippen LogP contribution in [0.4, 0.5) is 5.82 Å². The average molecular weight is 439 g/mol. The Morgan fingerprint density at radius 1 is 1.16 bits per heavy atom. The molecule has 1 aliphatic heterocycles. The van der Waals surface area contributed by atoms with E-state index >= 15 is 0 Å². The Bertz CT molecular complexity index is 1140. The van der Waals surface area contributed by atoms with Gasteiger partial charge in [-0.25, -0.2) is 9.67 Å². The average Bonchev–Trinajstić information content (AvgIpc) is 3.21. The molecule has 1 unspecified atom stereocenters. The maximum atomic E-state index is 12.4. The molecule has 1 aliphatic rings. The molecule has 1 atom stereocenters. The molecular formula is C23H34N8O. The third-order valence-electron chi connectivity index (χ3n) is 6.40. The molecule has 1 N–H and O–H groups in total. The largest absolute Gasteiger partial charge is 0.368 e. The van der Waals surface area contributed by atoms with Crippen molar-refractivity contribution in [1.82, 2.24) is 34.3 Å². The number of anilines is 1. The minimum atomic E-state index is -0.0831. The lowest BCUT2D eigenvalue weighted by atomic mass is 9.92. The van der Waals surface area contributed by atoms with E-state index in [0.29, 0.717) is 18.4 Å². The fourth-order valence-electron chi connectivity index (χ4n) is 4.27. The molecule has 0 amide bonds. The number of nitrogens with zero attached hydrogens (tertiary/aromatic N) is 7. The second-order valence-corrected chi connectivity index (χ2v) is 9.74. The number of piperidine rings is 1. The maximum Gasteiger partial charge on any atom is 0.266 e. The first kappa shape index (κ1) is 22.4. The predicted octanol–water partition coefficient (Wildman–Crippen LogP) is 2.56. The summed E-state index contributed by atoms with van der Waals surface area (Å²) in [6.07, 6.45) is 5.06. The van der Waals surface area contributed by atoms with Gasteiger partial charge in [0, 0.05) is 41.9 Å². The molecule has 4 heterocycles. The van der Waals surface area contributed by atoms with E-state index in [0.717, 1.165) is 48.8 Å². The number of hydrogen-bond acceptors (Lipinski definition) is 7. The Labute approximate surface area is 188 Å². The van der Waals surface area contributed by atoms with Gasteiger partial charge in [-0.15, -0.1) is 0 Å². The summed E-state index contributed by atoms with van der Waals surface area (Å²) >= 11 is 0. The van der Waals surface area contributed by atoms with Gasteiger partial charge in [-0.05, 0) is 39.3 Å². The SMILES string of the molecule is Cc1nc2ncnn2c(NCC2CCCCN2CCn2nc(C(C)(C)C)ccc2=O)c1C. The standard InChI is InChI=1S/C23H34N8O/c1-16-17(2)27-22-25-15-26-31(22)21(16)24-14-18-8-6-7-11-29(18)12-13-30-20(32)10-9-19(28-30)23(3,4)5/h9-10,15,18,24H,6-8,11-14H2,1-5H3. The molecule has 3 aromatic heterocycles. The first-order valence-corrected chi connectivity index (χ1v) is 11.5. The van der Waals surface area contributed by atoms with Crippen LogP contribution in [0.2, 0.25) is 0 Å². The fourth-order valence-corrected chi connectivity index (χ4v) is 4.27. The Morgan fingerprint density at radius 2 is 1.97 bits per heavy atom. The molecule has 9 heteroatoms. The summed E-state index contributed by atoms with van der Waals surface area (Å²) < 4.78 is 3.39. The number of likely N-dealkylation sites (tertiary alicyclic amines) is 1. The zero-order valence-corrected chi connectivity index (χ0v) is 19.8. The number of aromatic nitrogens is 6. The summed E-state index contributed by atoms with van der Waals surface area (Å²) in [5, 5.41) is 12.6. The number of aryl methyl sites for hydroxylation is 1. The van der Waals surface area contributed by atoms with Crippen LogP contribution in [-0.4, -0.2) is 59.9 Å². The van der Waals surface area contributed by atoms with Gasteiger partial charge in [0.05, 0.1) is 12.2 Å². The van der Waals surface area contributed by atoms with Gasteiger partial charge in [-0.1, -0.05) is 27.2 Å². The molecule has 0 radical (unpaired) electrons. The molecule has 9 nitrogen and oxygen atoms in total. The molecule has 3 aromatic rings. The summed E-state index contributed by atoms with van der Waals surface area (Å²) in [7, 11) is 0. The highest BCUT2D eigenvalue weighted by molar-refractivity contribution is 5.51. The van der Waals surface area contributed by atoms with Crippen molar-refractivity contribution in [1.29, 1.82) is 0 Å². The summed E-state index contributed by atoms with van der Waals surface area (Å²) in [6, 6.07) is 3.87. The molecule has 1 fully saturated rings. The van der Waals surface area contributed by atoms with Gasteiger partial charge in [0.1, 0.15) is 12.1 Å². The number of fused-ring (bicyclic) bond motifs is 1. The summed E-state index contributed by atoms with van der Waals surface area (Å²) in [6.45, 7) is 13.7. The number of hydrogen-bond donors (Lipinski definition) is 1. The van der Waals surface area contributed by atoms with Crippen LogP contribution in [0.25, 0.3) is 5.78 Å². The van der Waals surface area contributed by atoms with E-state index in [2.05, 4.69) is 58.1 Å². The van der Waals surface area contributed by atoms with Crippen molar-refractivity contribution < 1.29 is 0 Å². The van der Waals surface area contributed by atoms with Crippen LogP contribution < -0.4 is 10.9 Å². The first-order chi connectivity index (χ1) is 15.2. The van der Waals surface area contributed by atoms with Gasteiger partial charge in [-0.2, -0.15) is 19.7 Å². The van der Waals surface area contributed by atoms with Gasteiger partial charge in [0.25, 0.3) is 11.3 Å². The minimum Gasteiger partial charge on any atom is -0.368 e. The molecule has 1 saturated heterocycles. The van der Waals surface area contributed by atoms with Crippen LogP contribution in [0.5, 0.6) is 0 Å². The monoisotopic (exact) mass is 438 g/mol. The van der Waals surface area contributed by atoms with E-state index in [4.69, 9.17) is 0 Å². The Morgan fingerprint density at radius 3 is 2.75 bits per heavy atom. The van der Waals surface area contributed by atoms with Crippen LogP contribution in [0.1, 0.15) is 57.0 Å². The minimum absolute atomic E-state index is 0.0406. The van der Waals surface area contributed by atoms with Gasteiger partial charge in [-0.3, -0.25) is 9.69 Å². The van der Waals surface area contributed by atoms with Crippen LogP contribution in [0.3, 0.4) is 0 Å². The molecule has 0 saturated carbocycles.